The third-order valence-electron chi connectivity index (χ3n) is 3.27. The highest BCUT2D eigenvalue weighted by molar-refractivity contribution is 8.76. The van der Waals surface area contributed by atoms with Gasteiger partial charge in [-0.15, -0.1) is 0 Å². The van der Waals surface area contributed by atoms with Crippen molar-refractivity contribution in [3.05, 3.63) is 35.4 Å². The molecule has 1 aliphatic rings. The van der Waals surface area contributed by atoms with Gasteiger partial charge < -0.3 is 0 Å². The summed E-state index contributed by atoms with van der Waals surface area (Å²) in [5.41, 5.74) is 3.02. The highest BCUT2D eigenvalue weighted by Gasteiger charge is 2.22. The molecule has 1 saturated carbocycles. The fourth-order valence-corrected chi connectivity index (χ4v) is 3.50. The van der Waals surface area contributed by atoms with E-state index in [0.29, 0.717) is 5.56 Å². The van der Waals surface area contributed by atoms with Crippen LogP contribution in [-0.2, 0) is 0 Å². The van der Waals surface area contributed by atoms with E-state index in [4.69, 9.17) is 9.66 Å². The molecule has 0 bridgehead atoms. The zero-order valence-electron chi connectivity index (χ0n) is 12.9. The van der Waals surface area contributed by atoms with Gasteiger partial charge in [0.1, 0.15) is 0 Å². The second-order valence-corrected chi connectivity index (χ2v) is 9.15. The van der Waals surface area contributed by atoms with Gasteiger partial charge in [0.25, 0.3) is 0 Å². The van der Waals surface area contributed by atoms with Gasteiger partial charge >= 0.3 is 0 Å². The van der Waals surface area contributed by atoms with Crippen molar-refractivity contribution in [2.24, 2.45) is 10.3 Å². The maximum Gasteiger partial charge on any atom is 0.0991 e. The second-order valence-electron chi connectivity index (χ2n) is 6.48. The van der Waals surface area contributed by atoms with Crippen LogP contribution < -0.4 is 0 Å². The first-order valence-corrected chi connectivity index (χ1v) is 9.51. The molecular weight excluding hydrogens is 296 g/mol. The SMILES string of the molecule is CC(C)(C)SS/N=C(\CCC1CC1)c1ccc(C#N)cc1. The van der Waals surface area contributed by atoms with Gasteiger partial charge in [-0.05, 0) is 36.5 Å². The van der Waals surface area contributed by atoms with Gasteiger partial charge in [0.05, 0.1) is 17.3 Å². The molecule has 1 aromatic carbocycles. The average molecular weight is 319 g/mol. The van der Waals surface area contributed by atoms with E-state index in [9.17, 15) is 0 Å². The Bertz CT molecular complexity index is 531. The van der Waals surface area contributed by atoms with Gasteiger partial charge in [0, 0.05) is 15.7 Å². The molecule has 0 N–H and O–H groups in total. The summed E-state index contributed by atoms with van der Waals surface area (Å²) in [5.74, 6) is 0.911. The van der Waals surface area contributed by atoms with Crippen LogP contribution in [0.4, 0.5) is 0 Å². The number of nitrogens with zero attached hydrogens (tertiary/aromatic N) is 2. The minimum Gasteiger partial charge on any atom is -0.209 e. The molecule has 21 heavy (non-hydrogen) atoms. The molecule has 112 valence electrons. The standard InChI is InChI=1S/C17H22N2S2/c1-17(2,3)20-21-19-16(11-8-13-4-5-13)15-9-6-14(12-18)7-10-15/h6-7,9-10,13H,4-5,8,11H2,1-3H3/b19-16+. The highest BCUT2D eigenvalue weighted by atomic mass is 33.1. The maximum atomic E-state index is 8.89. The van der Waals surface area contributed by atoms with Gasteiger partial charge in [-0.2, -0.15) is 5.26 Å². The maximum absolute atomic E-state index is 8.89. The third-order valence-corrected chi connectivity index (χ3v) is 6.08. The van der Waals surface area contributed by atoms with Crippen LogP contribution in [0.3, 0.4) is 0 Å². The van der Waals surface area contributed by atoms with Crippen LogP contribution in [0.2, 0.25) is 0 Å². The van der Waals surface area contributed by atoms with E-state index in [2.05, 4.69) is 26.8 Å². The van der Waals surface area contributed by atoms with E-state index in [-0.39, 0.29) is 4.75 Å². The second kappa shape index (κ2) is 7.38. The fourth-order valence-electron chi connectivity index (χ4n) is 1.90. The molecule has 1 fully saturated rings. The molecule has 1 aromatic rings. The van der Waals surface area contributed by atoms with E-state index < -0.39 is 0 Å². The first-order chi connectivity index (χ1) is 9.98. The van der Waals surface area contributed by atoms with E-state index in [0.717, 1.165) is 23.6 Å². The largest absolute Gasteiger partial charge is 0.209 e. The molecule has 4 heteroatoms. The lowest BCUT2D eigenvalue weighted by Gasteiger charge is -2.14. The zero-order valence-corrected chi connectivity index (χ0v) is 14.6. The molecule has 0 radical (unpaired) electrons. The van der Waals surface area contributed by atoms with Crippen molar-refractivity contribution < 1.29 is 0 Å². The molecule has 2 nitrogen and oxygen atoms in total. The lowest BCUT2D eigenvalue weighted by molar-refractivity contribution is 0.759. The minimum absolute atomic E-state index is 0.209. The Hall–Kier alpha value is -0.920. The number of benzene rings is 1. The van der Waals surface area contributed by atoms with Crippen LogP contribution >= 0.6 is 21.8 Å². The fraction of sp³-hybridized carbons (Fsp3) is 0.529. The van der Waals surface area contributed by atoms with Crippen LogP contribution in [-0.4, -0.2) is 10.5 Å². The lowest BCUT2D eigenvalue weighted by atomic mass is 10.0. The van der Waals surface area contributed by atoms with Crippen LogP contribution in [0.15, 0.2) is 28.7 Å². The molecule has 0 heterocycles. The molecule has 1 aliphatic carbocycles. The molecule has 0 spiro atoms. The van der Waals surface area contributed by atoms with Crippen molar-refractivity contribution >= 4 is 27.5 Å². The number of hydrogen-bond acceptors (Lipinski definition) is 4. The first-order valence-electron chi connectivity index (χ1n) is 7.40. The summed E-state index contributed by atoms with van der Waals surface area (Å²) < 4.78 is 4.96. The van der Waals surface area contributed by atoms with Crippen molar-refractivity contribution in [3.8, 4) is 6.07 Å². The molecule has 0 aromatic heterocycles. The van der Waals surface area contributed by atoms with Crippen LogP contribution in [0.1, 0.15) is 57.6 Å². The van der Waals surface area contributed by atoms with Gasteiger partial charge in [-0.3, -0.25) is 0 Å². The summed E-state index contributed by atoms with van der Waals surface area (Å²) in [6, 6.07) is 9.97. The number of nitriles is 1. The lowest BCUT2D eigenvalue weighted by Crippen LogP contribution is -2.05. The van der Waals surface area contributed by atoms with Crippen molar-refractivity contribution in [2.45, 2.75) is 51.2 Å². The number of rotatable bonds is 6. The van der Waals surface area contributed by atoms with Gasteiger partial charge in [-0.25, -0.2) is 4.40 Å². The van der Waals surface area contributed by atoms with Crippen molar-refractivity contribution in [3.63, 3.8) is 0 Å². The first kappa shape index (κ1) is 16.5. The Morgan fingerprint density at radius 3 is 2.48 bits per heavy atom. The quantitative estimate of drug-likeness (QED) is 0.387. The molecule has 0 amide bonds. The van der Waals surface area contributed by atoms with Crippen LogP contribution in [0.25, 0.3) is 0 Å². The summed E-state index contributed by atoms with van der Waals surface area (Å²) in [6.07, 6.45) is 5.03. The van der Waals surface area contributed by atoms with E-state index in [1.54, 1.807) is 21.8 Å². The van der Waals surface area contributed by atoms with Gasteiger partial charge in [0.2, 0.25) is 0 Å². The third kappa shape index (κ3) is 6.15. The Balaban J connectivity index is 2.05. The Kier molecular flexibility index (Phi) is 5.78. The monoisotopic (exact) mass is 318 g/mol. The van der Waals surface area contributed by atoms with E-state index in [1.165, 1.54) is 19.3 Å². The van der Waals surface area contributed by atoms with Crippen molar-refractivity contribution in [1.29, 1.82) is 5.26 Å². The molecule has 0 aliphatic heterocycles. The molecule has 0 saturated heterocycles. The van der Waals surface area contributed by atoms with Gasteiger partial charge in [0.15, 0.2) is 0 Å². The van der Waals surface area contributed by atoms with Crippen LogP contribution in [0, 0.1) is 17.2 Å². The predicted molar refractivity (Wildman–Crippen MR) is 94.6 cm³/mol. The highest BCUT2D eigenvalue weighted by Crippen LogP contribution is 2.37. The molecule has 0 atom stereocenters. The molecular formula is C17H22N2S2. The number of hydrogen-bond donors (Lipinski definition) is 0. The average Bonchev–Trinajstić information content (AvgIpc) is 3.26. The predicted octanol–water partition coefficient (Wildman–Crippen LogP) is 5.63. The minimum atomic E-state index is 0.209. The normalized spacial score (nSPS) is 15.8. The molecule has 2 rings (SSSR count). The summed E-state index contributed by atoms with van der Waals surface area (Å²) in [6.45, 7) is 6.60. The van der Waals surface area contributed by atoms with E-state index >= 15 is 0 Å². The summed E-state index contributed by atoms with van der Waals surface area (Å²) >= 11 is 0. The topological polar surface area (TPSA) is 36.1 Å². The summed E-state index contributed by atoms with van der Waals surface area (Å²) in [7, 11) is 3.38. The Labute approximate surface area is 136 Å². The van der Waals surface area contributed by atoms with Gasteiger partial charge in [-0.1, -0.05) is 56.5 Å². The molecule has 0 unspecified atom stereocenters. The zero-order chi connectivity index (χ0) is 15.3. The van der Waals surface area contributed by atoms with Crippen LogP contribution in [0.5, 0.6) is 0 Å². The Morgan fingerprint density at radius 2 is 1.95 bits per heavy atom. The Morgan fingerprint density at radius 1 is 1.29 bits per heavy atom. The van der Waals surface area contributed by atoms with Crippen molar-refractivity contribution in [1.82, 2.24) is 0 Å². The smallest absolute Gasteiger partial charge is 0.0991 e. The van der Waals surface area contributed by atoms with E-state index in [1.807, 2.05) is 24.3 Å². The summed E-state index contributed by atoms with van der Waals surface area (Å²) in [4.78, 5) is 0. The van der Waals surface area contributed by atoms with Crippen molar-refractivity contribution in [2.75, 3.05) is 0 Å². The summed E-state index contributed by atoms with van der Waals surface area (Å²) in [5, 5.41) is 8.89.